The number of nitro groups is 1. The summed E-state index contributed by atoms with van der Waals surface area (Å²) in [6.45, 7) is 0. The SMILES string of the molecule is O=[N+]([O-])c1ccc(S(=O)(=O)Nc2nc(-c3ccc(F)cc3F)cs2)cc1. The molecule has 11 heteroatoms. The van der Waals surface area contributed by atoms with E-state index in [4.69, 9.17) is 0 Å². The van der Waals surface area contributed by atoms with Gasteiger partial charge in [-0.3, -0.25) is 14.8 Å². The standard InChI is InChI=1S/C15H9F2N3O4S2/c16-9-1-6-12(13(17)7-9)14-8-25-15(18-14)19-26(23,24)11-4-2-10(3-5-11)20(21)22/h1-8H,(H,18,19). The number of thiazole rings is 1. The van der Waals surface area contributed by atoms with E-state index in [9.17, 15) is 27.3 Å². The third kappa shape index (κ3) is 3.68. The number of non-ortho nitro benzene ring substituents is 1. The van der Waals surface area contributed by atoms with E-state index in [2.05, 4.69) is 9.71 Å². The van der Waals surface area contributed by atoms with Crippen molar-refractivity contribution < 1.29 is 22.1 Å². The average Bonchev–Trinajstić information content (AvgIpc) is 3.02. The highest BCUT2D eigenvalue weighted by Crippen LogP contribution is 2.29. The van der Waals surface area contributed by atoms with Crippen LogP contribution in [0.1, 0.15) is 0 Å². The summed E-state index contributed by atoms with van der Waals surface area (Å²) < 4.78 is 53.6. The van der Waals surface area contributed by atoms with E-state index in [0.29, 0.717) is 6.07 Å². The quantitative estimate of drug-likeness (QED) is 0.521. The highest BCUT2D eigenvalue weighted by atomic mass is 32.2. The zero-order chi connectivity index (χ0) is 18.9. The topological polar surface area (TPSA) is 102 Å². The molecule has 0 aliphatic heterocycles. The number of nitrogens with zero attached hydrogens (tertiary/aromatic N) is 2. The van der Waals surface area contributed by atoms with Crippen molar-refractivity contribution in [1.29, 1.82) is 0 Å². The maximum atomic E-state index is 13.8. The molecular formula is C15H9F2N3O4S2. The first-order valence-corrected chi connectivity index (χ1v) is 9.31. The number of rotatable bonds is 5. The van der Waals surface area contributed by atoms with Crippen molar-refractivity contribution in [3.63, 3.8) is 0 Å². The van der Waals surface area contributed by atoms with Crippen molar-refractivity contribution in [1.82, 2.24) is 4.98 Å². The Morgan fingerprint density at radius 1 is 1.12 bits per heavy atom. The number of sulfonamides is 1. The normalized spacial score (nSPS) is 11.3. The van der Waals surface area contributed by atoms with Crippen molar-refractivity contribution in [3.8, 4) is 11.3 Å². The molecule has 0 saturated heterocycles. The predicted octanol–water partition coefficient (Wildman–Crippen LogP) is 3.80. The van der Waals surface area contributed by atoms with Gasteiger partial charge in [0.25, 0.3) is 15.7 Å². The van der Waals surface area contributed by atoms with Crippen LogP contribution in [-0.2, 0) is 10.0 Å². The Morgan fingerprint density at radius 3 is 2.42 bits per heavy atom. The van der Waals surface area contributed by atoms with Gasteiger partial charge < -0.3 is 0 Å². The minimum Gasteiger partial charge on any atom is -0.258 e. The van der Waals surface area contributed by atoms with Crippen LogP contribution in [0, 0.1) is 21.7 Å². The monoisotopic (exact) mass is 397 g/mol. The summed E-state index contributed by atoms with van der Waals surface area (Å²) in [5.41, 5.74) is -0.0652. The second-order valence-electron chi connectivity index (χ2n) is 5.02. The molecule has 7 nitrogen and oxygen atoms in total. The van der Waals surface area contributed by atoms with Gasteiger partial charge in [0.1, 0.15) is 11.6 Å². The summed E-state index contributed by atoms with van der Waals surface area (Å²) >= 11 is 0.917. The van der Waals surface area contributed by atoms with Gasteiger partial charge in [-0.15, -0.1) is 11.3 Å². The first-order chi connectivity index (χ1) is 12.3. The van der Waals surface area contributed by atoms with Crippen LogP contribution in [0.5, 0.6) is 0 Å². The van der Waals surface area contributed by atoms with Gasteiger partial charge in [-0.05, 0) is 24.3 Å². The van der Waals surface area contributed by atoms with Crippen LogP contribution in [-0.4, -0.2) is 18.3 Å². The lowest BCUT2D eigenvalue weighted by atomic mass is 10.1. The molecule has 0 saturated carbocycles. The second kappa shape index (κ2) is 6.77. The first kappa shape index (κ1) is 17.9. The number of nitro benzene ring substituents is 1. The van der Waals surface area contributed by atoms with Crippen LogP contribution in [0.4, 0.5) is 19.6 Å². The van der Waals surface area contributed by atoms with Gasteiger partial charge in [0, 0.05) is 29.1 Å². The van der Waals surface area contributed by atoms with E-state index in [1.807, 2.05) is 0 Å². The third-order valence-corrected chi connectivity index (χ3v) is 5.53. The second-order valence-corrected chi connectivity index (χ2v) is 7.56. The molecule has 1 heterocycles. The summed E-state index contributed by atoms with van der Waals surface area (Å²) in [7, 11) is -4.02. The Hall–Kier alpha value is -2.92. The lowest BCUT2D eigenvalue weighted by molar-refractivity contribution is -0.384. The van der Waals surface area contributed by atoms with Crippen LogP contribution in [0.25, 0.3) is 11.3 Å². The molecule has 134 valence electrons. The first-order valence-electron chi connectivity index (χ1n) is 6.94. The zero-order valence-electron chi connectivity index (χ0n) is 12.7. The van der Waals surface area contributed by atoms with Gasteiger partial charge in [0.05, 0.1) is 15.5 Å². The zero-order valence-corrected chi connectivity index (χ0v) is 14.4. The maximum Gasteiger partial charge on any atom is 0.269 e. The number of aromatic nitrogens is 1. The molecule has 0 amide bonds. The molecule has 0 bridgehead atoms. The summed E-state index contributed by atoms with van der Waals surface area (Å²) in [6.07, 6.45) is 0. The van der Waals surface area contributed by atoms with Crippen molar-refractivity contribution >= 4 is 32.2 Å². The van der Waals surface area contributed by atoms with Gasteiger partial charge in [-0.1, -0.05) is 0 Å². The van der Waals surface area contributed by atoms with Crippen LogP contribution < -0.4 is 4.72 Å². The maximum absolute atomic E-state index is 13.8. The van der Waals surface area contributed by atoms with Crippen LogP contribution >= 0.6 is 11.3 Å². The minimum absolute atomic E-state index is 0.0259. The molecule has 3 rings (SSSR count). The van der Waals surface area contributed by atoms with Crippen LogP contribution in [0.3, 0.4) is 0 Å². The lowest BCUT2D eigenvalue weighted by Crippen LogP contribution is -2.12. The molecule has 0 aliphatic rings. The number of halogens is 2. The Labute approximate surface area is 150 Å². The number of hydrogen-bond donors (Lipinski definition) is 1. The van der Waals surface area contributed by atoms with E-state index in [1.54, 1.807) is 0 Å². The molecule has 26 heavy (non-hydrogen) atoms. The highest BCUT2D eigenvalue weighted by Gasteiger charge is 2.18. The van der Waals surface area contributed by atoms with Crippen molar-refractivity contribution in [2.45, 2.75) is 4.90 Å². The van der Waals surface area contributed by atoms with Gasteiger partial charge in [0.15, 0.2) is 5.13 Å². The molecule has 2 aromatic carbocycles. The van der Waals surface area contributed by atoms with Crippen LogP contribution in [0.15, 0.2) is 52.7 Å². The molecular weight excluding hydrogens is 388 g/mol. The molecule has 1 aromatic heterocycles. The fourth-order valence-corrected chi connectivity index (χ4v) is 4.03. The molecule has 0 spiro atoms. The van der Waals surface area contributed by atoms with Gasteiger partial charge in [0.2, 0.25) is 0 Å². The smallest absolute Gasteiger partial charge is 0.258 e. The fraction of sp³-hybridized carbons (Fsp3) is 0. The summed E-state index contributed by atoms with van der Waals surface area (Å²) in [5, 5.41) is 12.0. The number of anilines is 1. The number of hydrogen-bond acceptors (Lipinski definition) is 6. The Morgan fingerprint density at radius 2 is 1.81 bits per heavy atom. The molecule has 1 N–H and O–H groups in total. The number of benzene rings is 2. The van der Waals surface area contributed by atoms with E-state index >= 15 is 0 Å². The van der Waals surface area contributed by atoms with Crippen LogP contribution in [0.2, 0.25) is 0 Å². The summed E-state index contributed by atoms with van der Waals surface area (Å²) in [4.78, 5) is 13.8. The summed E-state index contributed by atoms with van der Waals surface area (Å²) in [5.74, 6) is -1.55. The van der Waals surface area contributed by atoms with Crippen molar-refractivity contribution in [2.24, 2.45) is 0 Å². The Balaban J connectivity index is 1.84. The fourth-order valence-electron chi connectivity index (χ4n) is 2.06. The van der Waals surface area contributed by atoms with Crippen molar-refractivity contribution in [2.75, 3.05) is 4.72 Å². The Kier molecular flexibility index (Phi) is 4.66. The van der Waals surface area contributed by atoms with E-state index in [0.717, 1.165) is 41.7 Å². The molecule has 0 atom stereocenters. The minimum atomic E-state index is -4.02. The van der Waals surface area contributed by atoms with Gasteiger partial charge >= 0.3 is 0 Å². The van der Waals surface area contributed by atoms with E-state index in [-0.39, 0.29) is 27.0 Å². The molecule has 0 unspecified atom stereocenters. The van der Waals surface area contributed by atoms with Crippen molar-refractivity contribution in [3.05, 3.63) is 69.6 Å². The van der Waals surface area contributed by atoms with Gasteiger partial charge in [-0.2, -0.15) is 0 Å². The third-order valence-electron chi connectivity index (χ3n) is 3.29. The lowest BCUT2D eigenvalue weighted by Gasteiger charge is -2.04. The molecule has 0 radical (unpaired) electrons. The van der Waals surface area contributed by atoms with E-state index < -0.39 is 26.6 Å². The largest absolute Gasteiger partial charge is 0.269 e. The molecule has 3 aromatic rings. The Bertz CT molecular complexity index is 1080. The number of nitrogens with one attached hydrogen (secondary N) is 1. The molecule has 0 aliphatic carbocycles. The highest BCUT2D eigenvalue weighted by molar-refractivity contribution is 7.93. The molecule has 0 fully saturated rings. The van der Waals surface area contributed by atoms with Gasteiger partial charge in [-0.25, -0.2) is 22.2 Å². The average molecular weight is 397 g/mol. The summed E-state index contributed by atoms with van der Waals surface area (Å²) in [6, 6.07) is 7.29. The van der Waals surface area contributed by atoms with E-state index in [1.165, 1.54) is 11.4 Å². The predicted molar refractivity (Wildman–Crippen MR) is 91.4 cm³/mol.